The molecule has 0 unspecified atom stereocenters. The predicted molar refractivity (Wildman–Crippen MR) is 31.9 cm³/mol. The van der Waals surface area contributed by atoms with Crippen molar-refractivity contribution in [1.29, 1.82) is 0 Å². The highest BCUT2D eigenvalue weighted by Gasteiger charge is 1.92. The molecular weight excluding hydrogens is 122 g/mol. The van der Waals surface area contributed by atoms with Crippen molar-refractivity contribution in [3.8, 4) is 0 Å². The first-order valence-electron chi connectivity index (χ1n) is 2.83. The highest BCUT2D eigenvalue weighted by atomic mass is 16.6. The maximum absolute atomic E-state index is 9.82. The highest BCUT2D eigenvalue weighted by Crippen LogP contribution is 1.73. The van der Waals surface area contributed by atoms with Crippen molar-refractivity contribution in [2.45, 2.75) is 13.3 Å². The van der Waals surface area contributed by atoms with Crippen molar-refractivity contribution in [3.05, 3.63) is 0 Å². The van der Waals surface area contributed by atoms with Crippen molar-refractivity contribution < 1.29 is 14.7 Å². The van der Waals surface area contributed by atoms with Crippen LogP contribution in [0.15, 0.2) is 0 Å². The molecule has 9 heavy (non-hydrogen) atoms. The molecule has 0 aromatic carbocycles. The molecule has 0 bridgehead atoms. The van der Waals surface area contributed by atoms with Crippen LogP contribution in [0.1, 0.15) is 13.3 Å². The van der Waals surface area contributed by atoms with Crippen molar-refractivity contribution in [1.82, 2.24) is 5.48 Å². The van der Waals surface area contributed by atoms with Gasteiger partial charge in [0.2, 0.25) is 0 Å². The van der Waals surface area contributed by atoms with E-state index in [2.05, 4.69) is 10.3 Å². The summed E-state index contributed by atoms with van der Waals surface area (Å²) in [5, 5.41) is 8.07. The zero-order valence-corrected chi connectivity index (χ0v) is 5.39. The zero-order valence-electron chi connectivity index (χ0n) is 5.39. The SMILES string of the molecule is CCCONCC(=O)O. The largest absolute Gasteiger partial charge is 0.480 e. The van der Waals surface area contributed by atoms with Gasteiger partial charge in [-0.15, -0.1) is 0 Å². The molecule has 0 saturated heterocycles. The van der Waals surface area contributed by atoms with E-state index in [-0.39, 0.29) is 6.54 Å². The Kier molecular flexibility index (Phi) is 5.15. The molecule has 0 saturated carbocycles. The van der Waals surface area contributed by atoms with Gasteiger partial charge < -0.3 is 9.94 Å². The van der Waals surface area contributed by atoms with Crippen LogP contribution >= 0.6 is 0 Å². The standard InChI is InChI=1S/C5H11NO3/c1-2-3-9-6-4-5(7)8/h6H,2-4H2,1H3,(H,7,8). The van der Waals surface area contributed by atoms with Crippen LogP contribution in [-0.4, -0.2) is 24.2 Å². The van der Waals surface area contributed by atoms with Crippen molar-refractivity contribution in [2.75, 3.05) is 13.2 Å². The molecule has 0 aliphatic rings. The second-order valence-corrected chi connectivity index (χ2v) is 1.56. The number of nitrogens with one attached hydrogen (secondary N) is 1. The summed E-state index contributed by atoms with van der Waals surface area (Å²) >= 11 is 0. The van der Waals surface area contributed by atoms with E-state index in [1.54, 1.807) is 0 Å². The molecule has 0 atom stereocenters. The summed E-state index contributed by atoms with van der Waals surface area (Å²) in [4.78, 5) is 14.5. The first-order valence-corrected chi connectivity index (χ1v) is 2.83. The molecule has 0 fully saturated rings. The number of carboxylic acid groups (broad SMARTS) is 1. The molecule has 4 nitrogen and oxygen atoms in total. The Bertz CT molecular complexity index is 84.3. The van der Waals surface area contributed by atoms with E-state index in [4.69, 9.17) is 5.11 Å². The maximum Gasteiger partial charge on any atom is 0.319 e. The lowest BCUT2D eigenvalue weighted by atomic mass is 10.5. The Labute approximate surface area is 53.8 Å². The van der Waals surface area contributed by atoms with Crippen LogP contribution < -0.4 is 5.48 Å². The highest BCUT2D eigenvalue weighted by molar-refractivity contribution is 5.68. The summed E-state index contributed by atoms with van der Waals surface area (Å²) in [6.07, 6.45) is 0.882. The lowest BCUT2D eigenvalue weighted by molar-refractivity contribution is -0.138. The number of hydrogen-bond acceptors (Lipinski definition) is 3. The minimum atomic E-state index is -0.911. The average Bonchev–Trinajstić information content (AvgIpc) is 1.80. The van der Waals surface area contributed by atoms with Gasteiger partial charge in [-0.2, -0.15) is 5.48 Å². The van der Waals surface area contributed by atoms with Crippen LogP contribution in [0.5, 0.6) is 0 Å². The van der Waals surface area contributed by atoms with Gasteiger partial charge in [0, 0.05) is 0 Å². The van der Waals surface area contributed by atoms with Crippen LogP contribution in [0, 0.1) is 0 Å². The summed E-state index contributed by atoms with van der Waals surface area (Å²) in [5.74, 6) is -0.911. The number of hydroxylamine groups is 1. The summed E-state index contributed by atoms with van der Waals surface area (Å²) in [7, 11) is 0. The lowest BCUT2D eigenvalue weighted by Gasteiger charge is -1.98. The van der Waals surface area contributed by atoms with E-state index < -0.39 is 5.97 Å². The van der Waals surface area contributed by atoms with Gasteiger partial charge in [0.25, 0.3) is 0 Å². The van der Waals surface area contributed by atoms with Gasteiger partial charge in [0.05, 0.1) is 6.61 Å². The van der Waals surface area contributed by atoms with Crippen LogP contribution in [0.25, 0.3) is 0 Å². The first kappa shape index (κ1) is 8.39. The van der Waals surface area contributed by atoms with Gasteiger partial charge in [0.1, 0.15) is 6.54 Å². The molecule has 0 amide bonds. The minimum Gasteiger partial charge on any atom is -0.480 e. The maximum atomic E-state index is 9.82. The molecule has 4 heteroatoms. The molecular formula is C5H11NO3. The Balaban J connectivity index is 2.83. The third-order valence-corrected chi connectivity index (χ3v) is 0.632. The van der Waals surface area contributed by atoms with Crippen LogP contribution in [0.4, 0.5) is 0 Å². The molecule has 0 rings (SSSR count). The quantitative estimate of drug-likeness (QED) is 0.409. The van der Waals surface area contributed by atoms with Crippen molar-refractivity contribution in [3.63, 3.8) is 0 Å². The van der Waals surface area contributed by atoms with Crippen molar-refractivity contribution in [2.24, 2.45) is 0 Å². The van der Waals surface area contributed by atoms with E-state index in [1.807, 2.05) is 6.92 Å². The molecule has 0 aliphatic heterocycles. The van der Waals surface area contributed by atoms with Gasteiger partial charge in [-0.25, -0.2) is 0 Å². The van der Waals surface area contributed by atoms with E-state index in [0.29, 0.717) is 6.61 Å². The van der Waals surface area contributed by atoms with E-state index in [9.17, 15) is 4.79 Å². The Hall–Kier alpha value is -0.610. The van der Waals surface area contributed by atoms with Gasteiger partial charge in [-0.05, 0) is 6.42 Å². The van der Waals surface area contributed by atoms with Crippen LogP contribution in [0.2, 0.25) is 0 Å². The molecule has 0 heterocycles. The van der Waals surface area contributed by atoms with Gasteiger partial charge in [0.15, 0.2) is 0 Å². The van der Waals surface area contributed by atoms with E-state index in [0.717, 1.165) is 6.42 Å². The topological polar surface area (TPSA) is 58.6 Å². The Morgan fingerprint density at radius 2 is 2.44 bits per heavy atom. The monoisotopic (exact) mass is 133 g/mol. The van der Waals surface area contributed by atoms with Crippen molar-refractivity contribution >= 4 is 5.97 Å². The number of carbonyl (C=O) groups is 1. The molecule has 0 aliphatic carbocycles. The fourth-order valence-electron chi connectivity index (χ4n) is 0.287. The van der Waals surface area contributed by atoms with Gasteiger partial charge in [-0.1, -0.05) is 6.92 Å². The van der Waals surface area contributed by atoms with Crippen LogP contribution in [0.3, 0.4) is 0 Å². The molecule has 54 valence electrons. The average molecular weight is 133 g/mol. The van der Waals surface area contributed by atoms with E-state index >= 15 is 0 Å². The first-order chi connectivity index (χ1) is 4.27. The normalized spacial score (nSPS) is 9.44. The number of carboxylic acids is 1. The summed E-state index contributed by atoms with van der Waals surface area (Å²) in [6.45, 7) is 2.36. The third-order valence-electron chi connectivity index (χ3n) is 0.632. The molecule has 0 radical (unpaired) electrons. The smallest absolute Gasteiger partial charge is 0.319 e. The van der Waals surface area contributed by atoms with Gasteiger partial charge >= 0.3 is 5.97 Å². The fourth-order valence-corrected chi connectivity index (χ4v) is 0.287. The minimum absolute atomic E-state index is 0.139. The molecule has 0 aromatic rings. The van der Waals surface area contributed by atoms with E-state index in [1.165, 1.54) is 0 Å². The second-order valence-electron chi connectivity index (χ2n) is 1.56. The number of rotatable bonds is 5. The summed E-state index contributed by atoms with van der Waals surface area (Å²) in [6, 6.07) is 0. The fraction of sp³-hybridized carbons (Fsp3) is 0.800. The lowest BCUT2D eigenvalue weighted by Crippen LogP contribution is -2.22. The van der Waals surface area contributed by atoms with Gasteiger partial charge in [-0.3, -0.25) is 4.79 Å². The zero-order chi connectivity index (χ0) is 7.11. The third kappa shape index (κ3) is 7.39. The summed E-state index contributed by atoms with van der Waals surface area (Å²) < 4.78 is 0. The number of hydrogen-bond donors (Lipinski definition) is 2. The number of aliphatic carboxylic acids is 1. The second kappa shape index (κ2) is 5.53. The Morgan fingerprint density at radius 3 is 2.89 bits per heavy atom. The summed E-state index contributed by atoms with van der Waals surface area (Å²) in [5.41, 5.74) is 2.29. The molecule has 0 spiro atoms. The van der Waals surface area contributed by atoms with Crippen LogP contribution in [-0.2, 0) is 9.63 Å². The Morgan fingerprint density at radius 1 is 1.78 bits per heavy atom. The predicted octanol–water partition coefficient (Wildman–Crippen LogP) is 0.00220. The molecule has 2 N–H and O–H groups in total. The molecule has 0 aromatic heterocycles.